The number of para-hydroxylation sites is 1. The maximum atomic E-state index is 12.0. The fraction of sp³-hybridized carbons (Fsp3) is 0.444. The molecule has 0 saturated carbocycles. The molecule has 0 aliphatic heterocycles. The third kappa shape index (κ3) is 4.92. The summed E-state index contributed by atoms with van der Waals surface area (Å²) in [5, 5.41) is 15.1. The van der Waals surface area contributed by atoms with Crippen molar-refractivity contribution in [2.24, 2.45) is 5.92 Å². The van der Waals surface area contributed by atoms with Crippen molar-refractivity contribution in [2.45, 2.75) is 40.5 Å². The van der Waals surface area contributed by atoms with E-state index in [0.717, 1.165) is 16.8 Å². The summed E-state index contributed by atoms with van der Waals surface area (Å²) in [6, 6.07) is 8.03. The first-order chi connectivity index (χ1) is 10.4. The molecule has 0 spiro atoms. The van der Waals surface area contributed by atoms with Crippen LogP contribution < -0.4 is 10.6 Å². The van der Waals surface area contributed by atoms with Crippen LogP contribution in [-0.2, 0) is 4.79 Å². The van der Waals surface area contributed by atoms with Crippen molar-refractivity contribution in [3.05, 3.63) is 41.1 Å². The Kier molecular flexibility index (Phi) is 6.65. The molecular formula is C18H25N3O. The molecule has 22 heavy (non-hydrogen) atoms. The van der Waals surface area contributed by atoms with Gasteiger partial charge < -0.3 is 10.6 Å². The predicted octanol–water partition coefficient (Wildman–Crippen LogP) is 3.71. The summed E-state index contributed by atoms with van der Waals surface area (Å²) in [5.74, 6) is 0.361. The summed E-state index contributed by atoms with van der Waals surface area (Å²) in [6.45, 7) is 10.8. The van der Waals surface area contributed by atoms with Crippen LogP contribution in [0.15, 0.2) is 30.0 Å². The number of nitrogens with zero attached hydrogens (tertiary/aromatic N) is 1. The number of benzene rings is 1. The van der Waals surface area contributed by atoms with Gasteiger partial charge in [0, 0.05) is 18.4 Å². The molecule has 4 nitrogen and oxygen atoms in total. The zero-order valence-corrected chi connectivity index (χ0v) is 14.0. The first kappa shape index (κ1) is 17.8. The van der Waals surface area contributed by atoms with Crippen molar-refractivity contribution in [1.29, 1.82) is 5.26 Å². The molecule has 1 aromatic carbocycles. The van der Waals surface area contributed by atoms with Gasteiger partial charge in [-0.1, -0.05) is 45.9 Å². The van der Waals surface area contributed by atoms with Gasteiger partial charge in [0.15, 0.2) is 0 Å². The van der Waals surface area contributed by atoms with Crippen LogP contribution in [0.4, 0.5) is 5.69 Å². The van der Waals surface area contributed by atoms with Crippen LogP contribution >= 0.6 is 0 Å². The smallest absolute Gasteiger partial charge is 0.263 e. The number of rotatable bonds is 6. The number of carbonyl (C=O) groups excluding carboxylic acids is 1. The largest absolute Gasteiger partial charge is 0.360 e. The molecule has 1 aromatic rings. The van der Waals surface area contributed by atoms with Crippen molar-refractivity contribution < 1.29 is 4.79 Å². The molecule has 0 aromatic heterocycles. The maximum absolute atomic E-state index is 12.0. The summed E-state index contributed by atoms with van der Waals surface area (Å²) >= 11 is 0. The van der Waals surface area contributed by atoms with Crippen LogP contribution in [0.25, 0.3) is 0 Å². The van der Waals surface area contributed by atoms with Gasteiger partial charge in [-0.15, -0.1) is 0 Å². The minimum absolute atomic E-state index is 0.0820. The van der Waals surface area contributed by atoms with E-state index in [2.05, 4.69) is 30.5 Å². The van der Waals surface area contributed by atoms with Crippen molar-refractivity contribution >= 4 is 11.6 Å². The van der Waals surface area contributed by atoms with Gasteiger partial charge in [0.2, 0.25) is 0 Å². The standard InChI is InChI=1S/C18H25N3O/c1-12(2)10-21-18(22)15(9-19)11-20-17-14(5)7-6-8-16(17)13(3)4/h6-8,11-13,20H,10H2,1-5H3,(H,21,22)/b15-11-. The summed E-state index contributed by atoms with van der Waals surface area (Å²) in [6.07, 6.45) is 1.49. The Morgan fingerprint density at radius 1 is 1.32 bits per heavy atom. The molecule has 0 fully saturated rings. The number of nitriles is 1. The summed E-state index contributed by atoms with van der Waals surface area (Å²) in [4.78, 5) is 12.0. The first-order valence-electron chi connectivity index (χ1n) is 7.61. The molecule has 0 saturated heterocycles. The molecule has 2 N–H and O–H groups in total. The summed E-state index contributed by atoms with van der Waals surface area (Å²) in [7, 11) is 0. The molecule has 0 heterocycles. The Hall–Kier alpha value is -2.28. The molecule has 0 atom stereocenters. The van der Waals surface area contributed by atoms with Crippen molar-refractivity contribution in [3.8, 4) is 6.07 Å². The highest BCUT2D eigenvalue weighted by molar-refractivity contribution is 5.97. The van der Waals surface area contributed by atoms with E-state index in [-0.39, 0.29) is 11.5 Å². The third-order valence-corrected chi connectivity index (χ3v) is 3.32. The van der Waals surface area contributed by atoms with Crippen molar-refractivity contribution in [3.63, 3.8) is 0 Å². The molecule has 1 rings (SSSR count). The number of hydrogen-bond donors (Lipinski definition) is 2. The number of aryl methyl sites for hydroxylation is 1. The van der Waals surface area contributed by atoms with Crippen molar-refractivity contribution in [1.82, 2.24) is 5.32 Å². The molecular weight excluding hydrogens is 274 g/mol. The van der Waals surface area contributed by atoms with Gasteiger partial charge in [-0.05, 0) is 29.9 Å². The maximum Gasteiger partial charge on any atom is 0.263 e. The quantitative estimate of drug-likeness (QED) is 0.621. The Labute approximate surface area is 133 Å². The second-order valence-corrected chi connectivity index (χ2v) is 6.11. The molecule has 118 valence electrons. The lowest BCUT2D eigenvalue weighted by Crippen LogP contribution is -2.28. The molecule has 0 bridgehead atoms. The molecule has 0 aliphatic carbocycles. The normalized spacial score (nSPS) is 11.5. The van der Waals surface area contributed by atoms with Crippen LogP contribution in [-0.4, -0.2) is 12.5 Å². The Morgan fingerprint density at radius 3 is 2.55 bits per heavy atom. The van der Waals surface area contributed by atoms with Crippen molar-refractivity contribution in [2.75, 3.05) is 11.9 Å². The van der Waals surface area contributed by atoms with Crippen LogP contribution in [0.1, 0.15) is 44.7 Å². The SMILES string of the molecule is Cc1cccc(C(C)C)c1N/C=C(/C#N)C(=O)NCC(C)C. The zero-order valence-electron chi connectivity index (χ0n) is 14.0. The van der Waals surface area contributed by atoms with Crippen LogP contribution in [0, 0.1) is 24.2 Å². The summed E-state index contributed by atoms with van der Waals surface area (Å²) < 4.78 is 0. The third-order valence-electron chi connectivity index (χ3n) is 3.32. The van der Waals surface area contributed by atoms with Gasteiger partial charge in [0.1, 0.15) is 11.6 Å². The van der Waals surface area contributed by atoms with Gasteiger partial charge in [-0.3, -0.25) is 4.79 Å². The first-order valence-corrected chi connectivity index (χ1v) is 7.61. The highest BCUT2D eigenvalue weighted by atomic mass is 16.1. The van der Waals surface area contributed by atoms with E-state index in [0.29, 0.717) is 18.4 Å². The lowest BCUT2D eigenvalue weighted by molar-refractivity contribution is -0.117. The topological polar surface area (TPSA) is 64.9 Å². The lowest BCUT2D eigenvalue weighted by atomic mass is 9.98. The van der Waals surface area contributed by atoms with Gasteiger partial charge in [-0.2, -0.15) is 5.26 Å². The molecule has 0 aliphatic rings. The Morgan fingerprint density at radius 2 is 2.00 bits per heavy atom. The van der Waals surface area contributed by atoms with E-state index < -0.39 is 0 Å². The monoisotopic (exact) mass is 299 g/mol. The molecule has 0 radical (unpaired) electrons. The van der Waals surface area contributed by atoms with E-state index in [9.17, 15) is 4.79 Å². The second-order valence-electron chi connectivity index (χ2n) is 6.11. The minimum Gasteiger partial charge on any atom is -0.360 e. The van der Waals surface area contributed by atoms with Gasteiger partial charge >= 0.3 is 0 Å². The number of amides is 1. The Bertz CT molecular complexity index is 595. The molecule has 1 amide bonds. The van der Waals surface area contributed by atoms with Gasteiger partial charge in [0.25, 0.3) is 5.91 Å². The number of nitrogens with one attached hydrogen (secondary N) is 2. The average molecular weight is 299 g/mol. The lowest BCUT2D eigenvalue weighted by Gasteiger charge is -2.15. The number of anilines is 1. The fourth-order valence-electron chi connectivity index (χ4n) is 2.05. The summed E-state index contributed by atoms with van der Waals surface area (Å²) in [5.41, 5.74) is 3.29. The molecule has 4 heteroatoms. The van der Waals surface area contributed by atoms with E-state index in [1.165, 1.54) is 6.20 Å². The second kappa shape index (κ2) is 8.23. The van der Waals surface area contributed by atoms with E-state index in [1.807, 2.05) is 39.0 Å². The van der Waals surface area contributed by atoms with Crippen LogP contribution in [0.2, 0.25) is 0 Å². The minimum atomic E-state index is -0.344. The Balaban J connectivity index is 2.94. The van der Waals surface area contributed by atoms with Crippen LogP contribution in [0.5, 0.6) is 0 Å². The predicted molar refractivity (Wildman–Crippen MR) is 90.4 cm³/mol. The number of carbonyl (C=O) groups is 1. The van der Waals surface area contributed by atoms with Gasteiger partial charge in [0.05, 0.1) is 0 Å². The van der Waals surface area contributed by atoms with E-state index >= 15 is 0 Å². The molecule has 0 unspecified atom stereocenters. The number of hydrogen-bond acceptors (Lipinski definition) is 3. The fourth-order valence-corrected chi connectivity index (χ4v) is 2.05. The van der Waals surface area contributed by atoms with Crippen LogP contribution in [0.3, 0.4) is 0 Å². The average Bonchev–Trinajstić information content (AvgIpc) is 2.46. The van der Waals surface area contributed by atoms with Gasteiger partial charge in [-0.25, -0.2) is 0 Å². The highest BCUT2D eigenvalue weighted by Gasteiger charge is 2.11. The highest BCUT2D eigenvalue weighted by Crippen LogP contribution is 2.27. The zero-order chi connectivity index (χ0) is 16.7. The van der Waals surface area contributed by atoms with E-state index in [4.69, 9.17) is 5.26 Å². The van der Waals surface area contributed by atoms with E-state index in [1.54, 1.807) is 0 Å².